The van der Waals surface area contributed by atoms with Crippen molar-refractivity contribution in [2.75, 3.05) is 26.4 Å². The molecule has 2 amide bonds. The number of aliphatic carboxylic acids is 1. The predicted molar refractivity (Wildman–Crippen MR) is 128 cm³/mol. The molecule has 0 spiro atoms. The zero-order chi connectivity index (χ0) is 24.6. The first kappa shape index (κ1) is 23.4. The number of likely N-dealkylation sites (tertiary alicyclic amines) is 1. The maximum Gasteiger partial charge on any atom is 0.408 e. The fraction of sp³-hybridized carbons (Fsp3) is 0.444. The first-order valence-electron chi connectivity index (χ1n) is 12.2. The molecule has 2 N–H and O–H groups in total. The summed E-state index contributed by atoms with van der Waals surface area (Å²) in [7, 11) is 0. The predicted octanol–water partition coefficient (Wildman–Crippen LogP) is 3.40. The quantitative estimate of drug-likeness (QED) is 0.683. The SMILES string of the molecule is CC1CCN(C(=O)C2(NC(=O)OCC3c4ccccc4-c4ccccc43)CCOCC2)C1C(=O)O. The van der Waals surface area contributed by atoms with E-state index in [0.717, 1.165) is 22.3 Å². The summed E-state index contributed by atoms with van der Waals surface area (Å²) >= 11 is 0. The number of fused-ring (bicyclic) bond motifs is 3. The third-order valence-electron chi connectivity index (χ3n) is 7.65. The molecule has 8 heteroatoms. The standard InChI is InChI=1S/C27H30N2O6/c1-17-10-13-29(23(17)24(30)31)25(32)27(11-14-34-15-12-27)28-26(33)35-16-22-20-8-4-2-6-18(20)19-7-3-5-9-21(19)22/h2-9,17,22-23H,10-16H2,1H3,(H,28,33)(H,30,31). The van der Waals surface area contributed by atoms with Gasteiger partial charge in [0.25, 0.3) is 0 Å². The number of hydrogen-bond donors (Lipinski definition) is 2. The van der Waals surface area contributed by atoms with Crippen LogP contribution in [0.5, 0.6) is 0 Å². The maximum absolute atomic E-state index is 13.6. The summed E-state index contributed by atoms with van der Waals surface area (Å²) in [6.45, 7) is 2.93. The first-order chi connectivity index (χ1) is 16.9. The lowest BCUT2D eigenvalue weighted by molar-refractivity contribution is -0.154. The number of carbonyl (C=O) groups excluding carboxylic acids is 2. The monoisotopic (exact) mass is 478 g/mol. The Morgan fingerprint density at radius 2 is 1.66 bits per heavy atom. The van der Waals surface area contributed by atoms with E-state index in [-0.39, 0.29) is 37.2 Å². The second-order valence-electron chi connectivity index (χ2n) is 9.69. The molecule has 35 heavy (non-hydrogen) atoms. The van der Waals surface area contributed by atoms with Crippen molar-refractivity contribution in [3.05, 3.63) is 59.7 Å². The maximum atomic E-state index is 13.6. The highest BCUT2D eigenvalue weighted by Gasteiger charge is 2.50. The molecule has 5 rings (SSSR count). The number of nitrogens with zero attached hydrogens (tertiary/aromatic N) is 1. The molecular formula is C27H30N2O6. The first-order valence-corrected chi connectivity index (χ1v) is 12.2. The van der Waals surface area contributed by atoms with E-state index in [1.807, 2.05) is 43.3 Å². The molecule has 2 aromatic carbocycles. The third kappa shape index (κ3) is 4.16. The largest absolute Gasteiger partial charge is 0.480 e. The van der Waals surface area contributed by atoms with Crippen LogP contribution in [0.15, 0.2) is 48.5 Å². The van der Waals surface area contributed by atoms with Gasteiger partial charge < -0.3 is 24.8 Å². The molecule has 0 saturated carbocycles. The summed E-state index contributed by atoms with van der Waals surface area (Å²) in [5.74, 6) is -1.63. The van der Waals surface area contributed by atoms with Gasteiger partial charge in [0.2, 0.25) is 5.91 Å². The molecule has 0 aromatic heterocycles. The lowest BCUT2D eigenvalue weighted by Crippen LogP contribution is -2.63. The van der Waals surface area contributed by atoms with Gasteiger partial charge in [0.1, 0.15) is 18.2 Å². The average molecular weight is 479 g/mol. The number of carboxylic acid groups (broad SMARTS) is 1. The van der Waals surface area contributed by atoms with Gasteiger partial charge >= 0.3 is 12.1 Å². The Bertz CT molecular complexity index is 1100. The number of alkyl carbamates (subject to hydrolysis) is 1. The zero-order valence-electron chi connectivity index (χ0n) is 19.7. The third-order valence-corrected chi connectivity index (χ3v) is 7.65. The number of rotatable bonds is 5. The van der Waals surface area contributed by atoms with Crippen molar-refractivity contribution in [2.45, 2.75) is 43.7 Å². The summed E-state index contributed by atoms with van der Waals surface area (Å²) in [6, 6.07) is 15.3. The van der Waals surface area contributed by atoms with Gasteiger partial charge in [0.05, 0.1) is 0 Å². The van der Waals surface area contributed by atoms with E-state index >= 15 is 0 Å². The van der Waals surface area contributed by atoms with Crippen molar-refractivity contribution in [1.82, 2.24) is 10.2 Å². The summed E-state index contributed by atoms with van der Waals surface area (Å²) < 4.78 is 11.2. The van der Waals surface area contributed by atoms with E-state index in [2.05, 4.69) is 17.4 Å². The van der Waals surface area contributed by atoms with Crippen molar-refractivity contribution in [3.63, 3.8) is 0 Å². The lowest BCUT2D eigenvalue weighted by Gasteiger charge is -2.40. The van der Waals surface area contributed by atoms with Gasteiger partial charge in [-0.15, -0.1) is 0 Å². The molecule has 1 aliphatic carbocycles. The molecule has 2 unspecified atom stereocenters. The number of carbonyl (C=O) groups is 3. The molecular weight excluding hydrogens is 448 g/mol. The van der Waals surface area contributed by atoms with E-state index in [1.54, 1.807) is 0 Å². The highest BCUT2D eigenvalue weighted by Crippen LogP contribution is 2.44. The fourth-order valence-corrected chi connectivity index (χ4v) is 5.77. The van der Waals surface area contributed by atoms with Crippen LogP contribution in [0.2, 0.25) is 0 Å². The van der Waals surface area contributed by atoms with E-state index in [4.69, 9.17) is 9.47 Å². The minimum Gasteiger partial charge on any atom is -0.480 e. The Hall–Kier alpha value is -3.39. The van der Waals surface area contributed by atoms with Crippen LogP contribution >= 0.6 is 0 Å². The van der Waals surface area contributed by atoms with Crippen LogP contribution in [0.1, 0.15) is 43.2 Å². The topological polar surface area (TPSA) is 105 Å². The smallest absolute Gasteiger partial charge is 0.408 e. The minimum absolute atomic E-state index is 0.0923. The van der Waals surface area contributed by atoms with E-state index in [9.17, 15) is 19.5 Å². The Labute approximate surface area is 204 Å². The van der Waals surface area contributed by atoms with Crippen molar-refractivity contribution < 1.29 is 29.0 Å². The van der Waals surface area contributed by atoms with Gasteiger partial charge in [0.15, 0.2) is 0 Å². The Kier molecular flexibility index (Phi) is 6.23. The van der Waals surface area contributed by atoms with Crippen LogP contribution in [0.25, 0.3) is 11.1 Å². The van der Waals surface area contributed by atoms with Crippen LogP contribution in [-0.4, -0.2) is 65.9 Å². The molecule has 184 valence electrons. The Morgan fingerprint density at radius 3 is 2.26 bits per heavy atom. The van der Waals surface area contributed by atoms with Crippen LogP contribution < -0.4 is 5.32 Å². The summed E-state index contributed by atoms with van der Waals surface area (Å²) in [5, 5.41) is 12.5. The van der Waals surface area contributed by atoms with Gasteiger partial charge in [-0.2, -0.15) is 0 Å². The van der Waals surface area contributed by atoms with Gasteiger partial charge in [-0.1, -0.05) is 55.5 Å². The minimum atomic E-state index is -1.24. The molecule has 2 heterocycles. The molecule has 2 fully saturated rings. The fourth-order valence-electron chi connectivity index (χ4n) is 5.77. The molecule has 2 saturated heterocycles. The van der Waals surface area contributed by atoms with Gasteiger partial charge in [0, 0.05) is 38.5 Å². The van der Waals surface area contributed by atoms with Gasteiger partial charge in [-0.25, -0.2) is 9.59 Å². The molecule has 8 nitrogen and oxygen atoms in total. The molecule has 0 bridgehead atoms. The highest BCUT2D eigenvalue weighted by molar-refractivity contribution is 5.93. The van der Waals surface area contributed by atoms with Crippen molar-refractivity contribution in [2.24, 2.45) is 5.92 Å². The van der Waals surface area contributed by atoms with Crippen LogP contribution in [0, 0.1) is 5.92 Å². The number of hydrogen-bond acceptors (Lipinski definition) is 5. The van der Waals surface area contributed by atoms with Crippen LogP contribution in [-0.2, 0) is 19.1 Å². The number of ether oxygens (including phenoxy) is 2. The van der Waals surface area contributed by atoms with Crippen molar-refractivity contribution in [1.29, 1.82) is 0 Å². The average Bonchev–Trinajstić information content (AvgIpc) is 3.41. The summed E-state index contributed by atoms with van der Waals surface area (Å²) in [4.78, 5) is 39.9. The number of amides is 2. The molecule has 0 radical (unpaired) electrons. The molecule has 3 aliphatic rings. The van der Waals surface area contributed by atoms with Crippen LogP contribution in [0.3, 0.4) is 0 Å². The highest BCUT2D eigenvalue weighted by atomic mass is 16.5. The van der Waals surface area contributed by atoms with E-state index in [0.29, 0.717) is 26.2 Å². The summed E-state index contributed by atoms with van der Waals surface area (Å²) in [6.07, 6.45) is 0.474. The van der Waals surface area contributed by atoms with Crippen molar-refractivity contribution >= 4 is 18.0 Å². The second-order valence-corrected chi connectivity index (χ2v) is 9.69. The zero-order valence-corrected chi connectivity index (χ0v) is 19.7. The molecule has 2 aliphatic heterocycles. The van der Waals surface area contributed by atoms with Gasteiger partial charge in [-0.3, -0.25) is 4.79 Å². The van der Waals surface area contributed by atoms with Crippen LogP contribution in [0.4, 0.5) is 4.79 Å². The number of benzene rings is 2. The number of nitrogens with one attached hydrogen (secondary N) is 1. The Morgan fingerprint density at radius 1 is 1.06 bits per heavy atom. The molecule has 2 aromatic rings. The number of carboxylic acids is 1. The Balaban J connectivity index is 1.32. The van der Waals surface area contributed by atoms with E-state index in [1.165, 1.54) is 4.90 Å². The van der Waals surface area contributed by atoms with Crippen molar-refractivity contribution in [3.8, 4) is 11.1 Å². The van der Waals surface area contributed by atoms with E-state index < -0.39 is 23.6 Å². The lowest BCUT2D eigenvalue weighted by atomic mass is 9.88. The molecule has 2 atom stereocenters. The van der Waals surface area contributed by atoms with Gasteiger partial charge in [-0.05, 0) is 34.6 Å². The summed E-state index contributed by atoms with van der Waals surface area (Å²) in [5.41, 5.74) is 3.24. The normalized spacial score (nSPS) is 22.8. The second kappa shape index (κ2) is 9.34.